The van der Waals surface area contributed by atoms with Crippen molar-refractivity contribution in [1.82, 2.24) is 0 Å². The van der Waals surface area contributed by atoms with Crippen LogP contribution in [0.3, 0.4) is 0 Å². The average molecular weight is 257 g/mol. The Morgan fingerprint density at radius 3 is 1.95 bits per heavy atom. The van der Waals surface area contributed by atoms with Gasteiger partial charge >= 0.3 is 0 Å². The quantitative estimate of drug-likeness (QED) is 0.828. The van der Waals surface area contributed by atoms with Crippen molar-refractivity contribution >= 4 is 5.97 Å². The number of carbonyl (C=O) groups excluding carboxylic acids is 1. The molecule has 2 atom stereocenters. The highest BCUT2D eigenvalue weighted by Crippen LogP contribution is 2.34. The molecule has 19 heavy (non-hydrogen) atoms. The Morgan fingerprint density at radius 1 is 1.00 bits per heavy atom. The second kappa shape index (κ2) is 5.22. The summed E-state index contributed by atoms with van der Waals surface area (Å²) in [5.74, 6) is -1.74. The lowest BCUT2D eigenvalue weighted by atomic mass is 9.84. The lowest BCUT2D eigenvalue weighted by molar-refractivity contribution is -0.332. The van der Waals surface area contributed by atoms with Gasteiger partial charge in [-0.15, -0.1) is 0 Å². The van der Waals surface area contributed by atoms with Crippen LogP contribution >= 0.6 is 0 Å². The van der Waals surface area contributed by atoms with Crippen molar-refractivity contribution < 1.29 is 20.1 Å². The van der Waals surface area contributed by atoms with Crippen LogP contribution in [0.2, 0.25) is 0 Å². The molecule has 0 spiro atoms. The van der Waals surface area contributed by atoms with Crippen molar-refractivity contribution in [3.8, 4) is 0 Å². The van der Waals surface area contributed by atoms with Crippen LogP contribution in [0.15, 0.2) is 60.7 Å². The van der Waals surface area contributed by atoms with E-state index in [1.165, 1.54) is 12.1 Å². The van der Waals surface area contributed by atoms with Gasteiger partial charge in [0.25, 0.3) is 0 Å². The van der Waals surface area contributed by atoms with Gasteiger partial charge in [-0.25, -0.2) is 0 Å². The molecule has 98 valence electrons. The van der Waals surface area contributed by atoms with E-state index in [-0.39, 0.29) is 5.56 Å². The van der Waals surface area contributed by atoms with E-state index in [9.17, 15) is 20.1 Å². The van der Waals surface area contributed by atoms with E-state index >= 15 is 0 Å². The molecular formula is C15H13O4-. The number of aliphatic carboxylic acids is 1. The summed E-state index contributed by atoms with van der Waals surface area (Å²) in [6.45, 7) is 0. The number of hydrogen-bond donors (Lipinski definition) is 2. The molecule has 0 fully saturated rings. The van der Waals surface area contributed by atoms with Gasteiger partial charge in [0.15, 0.2) is 5.60 Å². The SMILES string of the molecule is O=C([O-])[C@](O)(c1ccccc1)[C@@H](O)c1ccccc1. The highest BCUT2D eigenvalue weighted by molar-refractivity contribution is 5.78. The van der Waals surface area contributed by atoms with Crippen LogP contribution in [0.1, 0.15) is 17.2 Å². The van der Waals surface area contributed by atoms with Crippen molar-refractivity contribution in [2.75, 3.05) is 0 Å². The van der Waals surface area contributed by atoms with Crippen LogP contribution < -0.4 is 5.11 Å². The maximum Gasteiger partial charge on any atom is 0.159 e. The number of carboxylic acids is 1. The minimum absolute atomic E-state index is 0.0753. The second-order valence-corrected chi connectivity index (χ2v) is 4.23. The summed E-state index contributed by atoms with van der Waals surface area (Å²) in [5.41, 5.74) is -2.10. The molecule has 0 radical (unpaired) electrons. The van der Waals surface area contributed by atoms with Crippen molar-refractivity contribution in [3.05, 3.63) is 71.8 Å². The summed E-state index contributed by atoms with van der Waals surface area (Å²) in [6, 6.07) is 15.8. The van der Waals surface area contributed by atoms with Gasteiger partial charge in [-0.1, -0.05) is 60.7 Å². The van der Waals surface area contributed by atoms with Gasteiger partial charge in [-0.05, 0) is 11.1 Å². The molecule has 2 N–H and O–H groups in total. The Morgan fingerprint density at radius 2 is 1.47 bits per heavy atom. The standard InChI is InChI=1S/C15H14O4/c16-13(11-7-3-1-4-8-11)15(19,14(17)18)12-9-5-2-6-10-12/h1-10,13,16,19H,(H,17,18)/p-1/t13-,15-/m0/s1. The molecule has 0 saturated carbocycles. The fourth-order valence-electron chi connectivity index (χ4n) is 1.96. The van der Waals surface area contributed by atoms with E-state index < -0.39 is 17.7 Å². The first-order valence-electron chi connectivity index (χ1n) is 5.79. The fraction of sp³-hybridized carbons (Fsp3) is 0.133. The smallest absolute Gasteiger partial charge is 0.159 e. The number of carbonyl (C=O) groups is 1. The topological polar surface area (TPSA) is 80.6 Å². The van der Waals surface area contributed by atoms with Gasteiger partial charge in [0.1, 0.15) is 6.10 Å². The molecule has 0 bridgehead atoms. The molecule has 0 aliphatic rings. The number of aliphatic hydroxyl groups excluding tert-OH is 1. The Labute approximate surface area is 110 Å². The Hall–Kier alpha value is -2.17. The summed E-state index contributed by atoms with van der Waals surface area (Å²) in [6.07, 6.45) is -1.61. The minimum Gasteiger partial charge on any atom is -0.546 e. The molecule has 0 aromatic heterocycles. The zero-order valence-corrected chi connectivity index (χ0v) is 10.1. The lowest BCUT2D eigenvalue weighted by Gasteiger charge is -2.34. The van der Waals surface area contributed by atoms with E-state index in [2.05, 4.69) is 0 Å². The monoisotopic (exact) mass is 257 g/mol. The summed E-state index contributed by atoms with van der Waals surface area (Å²) in [7, 11) is 0. The first kappa shape index (κ1) is 13.3. The van der Waals surface area contributed by atoms with Crippen LogP contribution in [0.5, 0.6) is 0 Å². The second-order valence-electron chi connectivity index (χ2n) is 4.23. The molecular weight excluding hydrogens is 244 g/mol. The van der Waals surface area contributed by atoms with E-state index in [0.717, 1.165) is 0 Å². The molecule has 2 aromatic carbocycles. The van der Waals surface area contributed by atoms with Gasteiger partial charge in [-0.3, -0.25) is 0 Å². The first-order chi connectivity index (χ1) is 9.06. The minimum atomic E-state index is -2.48. The van der Waals surface area contributed by atoms with Crippen molar-refractivity contribution in [1.29, 1.82) is 0 Å². The van der Waals surface area contributed by atoms with Crippen LogP contribution in [-0.2, 0) is 10.4 Å². The Kier molecular flexibility index (Phi) is 3.64. The van der Waals surface area contributed by atoms with Crippen molar-refractivity contribution in [2.45, 2.75) is 11.7 Å². The van der Waals surface area contributed by atoms with Gasteiger partial charge in [0.05, 0.1) is 5.97 Å². The zero-order chi connectivity index (χ0) is 13.9. The van der Waals surface area contributed by atoms with Crippen LogP contribution in [0.25, 0.3) is 0 Å². The molecule has 2 aromatic rings. The highest BCUT2D eigenvalue weighted by Gasteiger charge is 2.40. The molecule has 0 heterocycles. The third kappa shape index (κ3) is 2.36. The van der Waals surface area contributed by atoms with Gasteiger partial charge in [0, 0.05) is 0 Å². The molecule has 0 aliphatic heterocycles. The van der Waals surface area contributed by atoms with E-state index in [4.69, 9.17) is 0 Å². The molecule has 2 rings (SSSR count). The largest absolute Gasteiger partial charge is 0.546 e. The molecule has 0 aliphatic carbocycles. The summed E-state index contributed by atoms with van der Waals surface area (Å²) in [5, 5.41) is 31.9. The van der Waals surface area contributed by atoms with E-state index in [1.54, 1.807) is 48.5 Å². The molecule has 4 heteroatoms. The zero-order valence-electron chi connectivity index (χ0n) is 10.1. The van der Waals surface area contributed by atoms with Crippen molar-refractivity contribution in [3.63, 3.8) is 0 Å². The normalized spacial score (nSPS) is 15.5. The maximum atomic E-state index is 11.3. The van der Waals surface area contributed by atoms with Gasteiger partial charge in [-0.2, -0.15) is 0 Å². The van der Waals surface area contributed by atoms with Crippen LogP contribution in [0.4, 0.5) is 0 Å². The number of rotatable bonds is 4. The van der Waals surface area contributed by atoms with Crippen LogP contribution in [-0.4, -0.2) is 16.2 Å². The predicted octanol–water partition coefficient (Wildman–Crippen LogP) is 0.358. The van der Waals surface area contributed by atoms with E-state index in [1.807, 2.05) is 0 Å². The third-order valence-electron chi connectivity index (χ3n) is 3.04. The van der Waals surface area contributed by atoms with Crippen molar-refractivity contribution in [2.24, 2.45) is 0 Å². The van der Waals surface area contributed by atoms with Crippen LogP contribution in [0, 0.1) is 0 Å². The summed E-state index contributed by atoms with van der Waals surface area (Å²) in [4.78, 5) is 11.3. The molecule has 4 nitrogen and oxygen atoms in total. The number of aliphatic hydroxyl groups is 2. The highest BCUT2D eigenvalue weighted by atomic mass is 16.4. The van der Waals surface area contributed by atoms with E-state index in [0.29, 0.717) is 5.56 Å². The van der Waals surface area contributed by atoms with Gasteiger partial charge < -0.3 is 20.1 Å². The third-order valence-corrected chi connectivity index (χ3v) is 3.04. The fourth-order valence-corrected chi connectivity index (χ4v) is 1.96. The Balaban J connectivity index is 2.49. The predicted molar refractivity (Wildman–Crippen MR) is 66.7 cm³/mol. The molecule has 0 saturated heterocycles. The molecule has 0 unspecified atom stereocenters. The lowest BCUT2D eigenvalue weighted by Crippen LogP contribution is -2.50. The number of hydrogen-bond acceptors (Lipinski definition) is 4. The summed E-state index contributed by atoms with van der Waals surface area (Å²) >= 11 is 0. The first-order valence-corrected chi connectivity index (χ1v) is 5.79. The average Bonchev–Trinajstić information content (AvgIpc) is 2.47. The van der Waals surface area contributed by atoms with Gasteiger partial charge in [0.2, 0.25) is 0 Å². The number of benzene rings is 2. The Bertz CT molecular complexity index is 553. The summed E-state index contributed by atoms with van der Waals surface area (Å²) < 4.78 is 0. The maximum absolute atomic E-state index is 11.3. The molecule has 0 amide bonds. The number of carboxylic acid groups (broad SMARTS) is 1.